The summed E-state index contributed by atoms with van der Waals surface area (Å²) in [6.45, 7) is 1.84. The van der Waals surface area contributed by atoms with E-state index < -0.39 is 12.1 Å². The van der Waals surface area contributed by atoms with E-state index in [0.29, 0.717) is 10.7 Å². The minimum atomic E-state index is -2.73. The summed E-state index contributed by atoms with van der Waals surface area (Å²) < 4.78 is 26.9. The van der Waals surface area contributed by atoms with Crippen LogP contribution < -0.4 is 0 Å². The Balaban J connectivity index is 2.59. The first-order chi connectivity index (χ1) is 8.95. The van der Waals surface area contributed by atoms with Crippen LogP contribution in [0.3, 0.4) is 0 Å². The average molecular weight is 326 g/mol. The number of nitrogens with zero attached hydrogens (tertiary/aromatic N) is 2. The lowest BCUT2D eigenvalue weighted by Gasteiger charge is -2.05. The third-order valence-corrected chi connectivity index (χ3v) is 3.75. The van der Waals surface area contributed by atoms with E-state index in [0.717, 1.165) is 5.56 Å². The molecule has 2 rings (SSSR count). The number of halogens is 5. The lowest BCUT2D eigenvalue weighted by Crippen LogP contribution is -1.98. The van der Waals surface area contributed by atoms with Crippen LogP contribution in [0, 0.1) is 6.92 Å². The van der Waals surface area contributed by atoms with E-state index >= 15 is 0 Å². The van der Waals surface area contributed by atoms with Gasteiger partial charge in [0.2, 0.25) is 0 Å². The molecule has 7 heteroatoms. The molecular formula is C12H9Cl3F2N2. The van der Waals surface area contributed by atoms with Crippen molar-refractivity contribution in [3.05, 3.63) is 45.2 Å². The Morgan fingerprint density at radius 3 is 2.47 bits per heavy atom. The van der Waals surface area contributed by atoms with Gasteiger partial charge in [-0.25, -0.2) is 13.5 Å². The highest BCUT2D eigenvalue weighted by atomic mass is 35.5. The molecule has 0 saturated heterocycles. The van der Waals surface area contributed by atoms with Gasteiger partial charge in [-0.15, -0.1) is 11.6 Å². The lowest BCUT2D eigenvalue weighted by atomic mass is 10.2. The van der Waals surface area contributed by atoms with Gasteiger partial charge >= 0.3 is 0 Å². The summed E-state index contributed by atoms with van der Waals surface area (Å²) in [7, 11) is 0. The number of benzene rings is 1. The van der Waals surface area contributed by atoms with E-state index in [1.165, 1.54) is 4.68 Å². The van der Waals surface area contributed by atoms with E-state index in [1.807, 2.05) is 6.92 Å². The van der Waals surface area contributed by atoms with Crippen LogP contribution in [-0.4, -0.2) is 9.78 Å². The molecule has 2 aromatic rings. The molecule has 0 fully saturated rings. The van der Waals surface area contributed by atoms with Crippen LogP contribution in [0.25, 0.3) is 5.69 Å². The number of aryl methyl sites for hydroxylation is 1. The maximum absolute atomic E-state index is 12.8. The molecule has 0 radical (unpaired) electrons. The van der Waals surface area contributed by atoms with Gasteiger partial charge < -0.3 is 0 Å². The van der Waals surface area contributed by atoms with E-state index in [9.17, 15) is 8.78 Å². The third kappa shape index (κ3) is 2.71. The van der Waals surface area contributed by atoms with Crippen LogP contribution in [-0.2, 0) is 5.88 Å². The van der Waals surface area contributed by atoms with Crippen molar-refractivity contribution in [3.63, 3.8) is 0 Å². The molecule has 2 nitrogen and oxygen atoms in total. The Hall–Kier alpha value is -0.840. The van der Waals surface area contributed by atoms with E-state index in [2.05, 4.69) is 5.10 Å². The number of hydrogen-bond acceptors (Lipinski definition) is 1. The van der Waals surface area contributed by atoms with E-state index in [1.54, 1.807) is 18.2 Å². The smallest absolute Gasteiger partial charge is 0.221 e. The number of alkyl halides is 3. The Morgan fingerprint density at radius 2 is 2.00 bits per heavy atom. The molecule has 0 amide bonds. The van der Waals surface area contributed by atoms with Gasteiger partial charge in [-0.3, -0.25) is 0 Å². The van der Waals surface area contributed by atoms with Gasteiger partial charge in [0.25, 0.3) is 6.43 Å². The molecular weight excluding hydrogens is 317 g/mol. The minimum Gasteiger partial charge on any atom is -0.221 e. The van der Waals surface area contributed by atoms with Gasteiger partial charge in [0, 0.05) is 10.6 Å². The van der Waals surface area contributed by atoms with Gasteiger partial charge in [-0.2, -0.15) is 5.10 Å². The molecule has 0 spiro atoms. The molecule has 0 aliphatic heterocycles. The molecule has 0 saturated carbocycles. The average Bonchev–Trinajstić information content (AvgIpc) is 2.70. The van der Waals surface area contributed by atoms with Gasteiger partial charge in [0.05, 0.1) is 11.6 Å². The van der Waals surface area contributed by atoms with Crippen molar-refractivity contribution >= 4 is 34.8 Å². The fourth-order valence-corrected chi connectivity index (χ4v) is 2.43. The molecule has 19 heavy (non-hydrogen) atoms. The van der Waals surface area contributed by atoms with Gasteiger partial charge in [-0.05, 0) is 24.6 Å². The second-order valence-corrected chi connectivity index (χ2v) is 4.97. The topological polar surface area (TPSA) is 17.8 Å². The molecule has 0 bridgehead atoms. The molecule has 0 N–H and O–H groups in total. The highest BCUT2D eigenvalue weighted by molar-refractivity contribution is 6.32. The standard InChI is InChI=1S/C12H9Cl3F2N2/c1-6-2-3-7(4-9(6)14)19-11(15)8(5-13)10(18-19)12(16)17/h2-4,12H,5H2,1H3. The van der Waals surface area contributed by atoms with Gasteiger partial charge in [0.1, 0.15) is 10.8 Å². The zero-order valence-electron chi connectivity index (χ0n) is 9.80. The first-order valence-corrected chi connectivity index (χ1v) is 6.62. The summed E-state index contributed by atoms with van der Waals surface area (Å²) in [5.74, 6) is -0.127. The summed E-state index contributed by atoms with van der Waals surface area (Å²) >= 11 is 17.7. The van der Waals surface area contributed by atoms with Crippen LogP contribution in [0.1, 0.15) is 23.2 Å². The van der Waals surface area contributed by atoms with E-state index in [4.69, 9.17) is 34.8 Å². The molecule has 102 valence electrons. The van der Waals surface area contributed by atoms with Crippen molar-refractivity contribution < 1.29 is 8.78 Å². The number of aromatic nitrogens is 2. The molecule has 1 heterocycles. The molecule has 0 atom stereocenters. The normalized spacial score (nSPS) is 11.3. The zero-order valence-corrected chi connectivity index (χ0v) is 12.1. The summed E-state index contributed by atoms with van der Waals surface area (Å²) in [5, 5.41) is 4.40. The molecule has 0 unspecified atom stereocenters. The van der Waals surface area contributed by atoms with Crippen LogP contribution in [0.5, 0.6) is 0 Å². The monoisotopic (exact) mass is 324 g/mol. The minimum absolute atomic E-state index is 0.0743. The van der Waals surface area contributed by atoms with Crippen molar-refractivity contribution in [1.29, 1.82) is 0 Å². The molecule has 1 aromatic heterocycles. The van der Waals surface area contributed by atoms with Crippen molar-refractivity contribution in [2.45, 2.75) is 19.2 Å². The van der Waals surface area contributed by atoms with Crippen molar-refractivity contribution in [3.8, 4) is 5.69 Å². The van der Waals surface area contributed by atoms with Crippen LogP contribution in [0.2, 0.25) is 10.2 Å². The zero-order chi connectivity index (χ0) is 14.2. The first-order valence-electron chi connectivity index (χ1n) is 5.33. The van der Waals surface area contributed by atoms with Gasteiger partial charge in [0.15, 0.2) is 0 Å². The van der Waals surface area contributed by atoms with Crippen molar-refractivity contribution in [1.82, 2.24) is 9.78 Å². The fourth-order valence-electron chi connectivity index (χ4n) is 1.63. The SMILES string of the molecule is Cc1ccc(-n2nc(C(F)F)c(CCl)c2Cl)cc1Cl. The Bertz CT molecular complexity index is 611. The van der Waals surface area contributed by atoms with Crippen LogP contribution in [0.4, 0.5) is 8.78 Å². The summed E-state index contributed by atoms with van der Waals surface area (Å²) in [6, 6.07) is 5.08. The van der Waals surface area contributed by atoms with Crippen molar-refractivity contribution in [2.24, 2.45) is 0 Å². The third-order valence-electron chi connectivity index (χ3n) is 2.69. The maximum atomic E-state index is 12.8. The maximum Gasteiger partial charge on any atom is 0.282 e. The number of rotatable bonds is 3. The summed E-state index contributed by atoms with van der Waals surface area (Å²) in [4.78, 5) is 0. The Labute approximate surface area is 123 Å². The second kappa shape index (κ2) is 5.65. The number of hydrogen-bond donors (Lipinski definition) is 0. The predicted molar refractivity (Wildman–Crippen MR) is 72.8 cm³/mol. The highest BCUT2D eigenvalue weighted by Crippen LogP contribution is 2.32. The van der Waals surface area contributed by atoms with E-state index in [-0.39, 0.29) is 16.6 Å². The molecule has 1 aromatic carbocycles. The molecule has 0 aliphatic carbocycles. The highest BCUT2D eigenvalue weighted by Gasteiger charge is 2.23. The first kappa shape index (κ1) is 14.6. The quantitative estimate of drug-likeness (QED) is 0.712. The van der Waals surface area contributed by atoms with Crippen molar-refractivity contribution in [2.75, 3.05) is 0 Å². The summed E-state index contributed by atoms with van der Waals surface area (Å²) in [5.41, 5.74) is 1.12. The van der Waals surface area contributed by atoms with Gasteiger partial charge in [-0.1, -0.05) is 29.3 Å². The fraction of sp³-hybridized carbons (Fsp3) is 0.250. The second-order valence-electron chi connectivity index (χ2n) is 3.93. The lowest BCUT2D eigenvalue weighted by molar-refractivity contribution is 0.144. The Morgan fingerprint density at radius 1 is 1.32 bits per heavy atom. The van der Waals surface area contributed by atoms with Crippen LogP contribution >= 0.6 is 34.8 Å². The molecule has 0 aliphatic rings. The van der Waals surface area contributed by atoms with Crippen LogP contribution in [0.15, 0.2) is 18.2 Å². The summed E-state index contributed by atoms with van der Waals surface area (Å²) in [6.07, 6.45) is -2.73. The Kier molecular flexibility index (Phi) is 4.33. The largest absolute Gasteiger partial charge is 0.282 e. The predicted octanol–water partition coefficient (Wildman–Crippen LogP) is 5.16.